The number of nitrogens with zero attached hydrogens (tertiary/aromatic N) is 4. The van der Waals surface area contributed by atoms with E-state index in [0.29, 0.717) is 0 Å². The molecule has 0 aliphatic carbocycles. The number of benzene rings is 11. The molecule has 4 aromatic heterocycles. The fourth-order valence-electron chi connectivity index (χ4n) is 11.4. The van der Waals surface area contributed by atoms with Gasteiger partial charge in [0.2, 0.25) is 0 Å². The standard InChI is InChI=1S/C64H42N4O2/c1-65-57-19-11-9-17-49(57)51-35-47(25-27-59(51)65)67(43-13-5-3-6-14-43)45-23-21-39-31-53-55-37-64-56(38-63(55)69-61(53)33-41(39)29-45)54-32-40-22-24-46(30-42(40)34-62(54)70-64)68(44-15-7-4-8-16-44)48-26-28-60-52(36-48)50-18-10-12-20-58(50)66(60)2/h3-38H,1-2H3. The van der Waals surface area contributed by atoms with Gasteiger partial charge in [0.1, 0.15) is 22.3 Å². The van der Waals surface area contributed by atoms with Crippen LogP contribution in [0.4, 0.5) is 34.1 Å². The molecule has 11 aromatic carbocycles. The van der Waals surface area contributed by atoms with Crippen molar-refractivity contribution >= 4 is 143 Å². The third kappa shape index (κ3) is 5.74. The van der Waals surface area contributed by atoms with Gasteiger partial charge in [-0.2, -0.15) is 0 Å². The Hall–Kier alpha value is -9.26. The van der Waals surface area contributed by atoms with E-state index in [4.69, 9.17) is 8.83 Å². The summed E-state index contributed by atoms with van der Waals surface area (Å²) in [5, 5.41) is 13.7. The monoisotopic (exact) mass is 898 g/mol. The summed E-state index contributed by atoms with van der Waals surface area (Å²) >= 11 is 0. The van der Waals surface area contributed by atoms with Crippen molar-refractivity contribution in [2.45, 2.75) is 0 Å². The Balaban J connectivity index is 0.820. The lowest BCUT2D eigenvalue weighted by molar-refractivity contribution is 0.664. The number of hydrogen-bond acceptors (Lipinski definition) is 4. The van der Waals surface area contributed by atoms with Gasteiger partial charge in [-0.3, -0.25) is 0 Å². The van der Waals surface area contributed by atoms with Gasteiger partial charge in [-0.15, -0.1) is 0 Å². The Morgan fingerprint density at radius 1 is 0.257 bits per heavy atom. The van der Waals surface area contributed by atoms with Crippen LogP contribution in [-0.2, 0) is 14.1 Å². The largest absolute Gasteiger partial charge is 0.456 e. The van der Waals surface area contributed by atoms with Crippen molar-refractivity contribution in [2.24, 2.45) is 14.1 Å². The van der Waals surface area contributed by atoms with E-state index in [2.05, 4.69) is 251 Å². The maximum Gasteiger partial charge on any atom is 0.136 e. The molecule has 0 atom stereocenters. The van der Waals surface area contributed by atoms with Crippen LogP contribution in [0.1, 0.15) is 0 Å². The minimum absolute atomic E-state index is 0.840. The Kier molecular flexibility index (Phi) is 8.10. The van der Waals surface area contributed by atoms with E-state index in [9.17, 15) is 0 Å². The van der Waals surface area contributed by atoms with E-state index in [1.807, 2.05) is 0 Å². The van der Waals surface area contributed by atoms with Gasteiger partial charge in [-0.1, -0.05) is 84.9 Å². The minimum Gasteiger partial charge on any atom is -0.456 e. The van der Waals surface area contributed by atoms with Crippen molar-refractivity contribution in [3.8, 4) is 0 Å². The molecule has 6 nitrogen and oxygen atoms in total. The van der Waals surface area contributed by atoms with Crippen LogP contribution in [-0.4, -0.2) is 9.13 Å². The van der Waals surface area contributed by atoms with E-state index in [0.717, 1.165) is 99.5 Å². The van der Waals surface area contributed by atoms with Gasteiger partial charge in [0.25, 0.3) is 0 Å². The van der Waals surface area contributed by atoms with E-state index in [1.165, 1.54) is 43.6 Å². The van der Waals surface area contributed by atoms with Crippen LogP contribution >= 0.6 is 0 Å². The molecular weight excluding hydrogens is 857 g/mol. The summed E-state index contributed by atoms with van der Waals surface area (Å²) in [6.45, 7) is 0. The molecule has 4 heterocycles. The van der Waals surface area contributed by atoms with Crippen molar-refractivity contribution in [1.82, 2.24) is 9.13 Å². The molecule has 0 aliphatic heterocycles. The van der Waals surface area contributed by atoms with Crippen LogP contribution in [0, 0.1) is 0 Å². The summed E-state index contributed by atoms with van der Waals surface area (Å²) in [5.74, 6) is 0. The number of hydrogen-bond donors (Lipinski definition) is 0. The fraction of sp³-hybridized carbons (Fsp3) is 0.0312. The number of anilines is 6. The Morgan fingerprint density at radius 3 is 1.07 bits per heavy atom. The molecular formula is C64H42N4O2. The smallest absolute Gasteiger partial charge is 0.136 e. The minimum atomic E-state index is 0.840. The molecule has 70 heavy (non-hydrogen) atoms. The van der Waals surface area contributed by atoms with Crippen LogP contribution in [0.5, 0.6) is 0 Å². The van der Waals surface area contributed by atoms with Gasteiger partial charge >= 0.3 is 0 Å². The molecule has 6 heteroatoms. The highest BCUT2D eigenvalue weighted by Gasteiger charge is 2.20. The topological polar surface area (TPSA) is 42.6 Å². The van der Waals surface area contributed by atoms with Gasteiger partial charge in [0, 0.05) is 113 Å². The second-order valence-electron chi connectivity index (χ2n) is 18.7. The average molecular weight is 899 g/mol. The van der Waals surface area contributed by atoms with Crippen molar-refractivity contribution in [3.05, 3.63) is 218 Å². The first-order valence-electron chi connectivity index (χ1n) is 23.8. The first-order chi connectivity index (χ1) is 34.5. The Morgan fingerprint density at radius 2 is 0.614 bits per heavy atom. The third-order valence-corrected chi connectivity index (χ3v) is 14.8. The zero-order valence-corrected chi connectivity index (χ0v) is 38.4. The number of para-hydroxylation sites is 4. The number of rotatable bonds is 6. The zero-order chi connectivity index (χ0) is 46.2. The van der Waals surface area contributed by atoms with Crippen LogP contribution in [0.2, 0.25) is 0 Å². The van der Waals surface area contributed by atoms with Crippen LogP contribution in [0.25, 0.3) is 109 Å². The van der Waals surface area contributed by atoms with Crippen molar-refractivity contribution in [1.29, 1.82) is 0 Å². The van der Waals surface area contributed by atoms with Crippen LogP contribution in [0.15, 0.2) is 227 Å². The summed E-state index contributed by atoms with van der Waals surface area (Å²) in [5.41, 5.74) is 14.8. The van der Waals surface area contributed by atoms with E-state index < -0.39 is 0 Å². The normalized spacial score (nSPS) is 12.1. The highest BCUT2D eigenvalue weighted by atomic mass is 16.3. The summed E-state index contributed by atoms with van der Waals surface area (Å²) in [6.07, 6.45) is 0. The van der Waals surface area contributed by atoms with Crippen molar-refractivity contribution in [2.75, 3.05) is 9.80 Å². The maximum absolute atomic E-state index is 6.75. The first kappa shape index (κ1) is 38.8. The molecule has 0 saturated carbocycles. The van der Waals surface area contributed by atoms with Gasteiger partial charge < -0.3 is 27.8 Å². The first-order valence-corrected chi connectivity index (χ1v) is 23.8. The number of furan rings is 2. The second kappa shape index (κ2) is 14.6. The maximum atomic E-state index is 6.75. The SMILES string of the molecule is Cn1c2ccccc2c2cc(N(c3ccccc3)c3ccc4cc5c(cc4c3)oc3cc4c(cc35)oc3cc5cc(N(c6ccccc6)c6ccc7c(c6)c6ccccc6n7C)ccc5cc34)ccc21. The summed E-state index contributed by atoms with van der Waals surface area (Å²) in [6, 6.07) is 78.8. The van der Waals surface area contributed by atoms with Gasteiger partial charge in [-0.05, 0) is 155 Å². The molecule has 330 valence electrons. The Bertz CT molecular complexity index is 4340. The predicted octanol–water partition coefficient (Wildman–Crippen LogP) is 18.0. The quantitative estimate of drug-likeness (QED) is 0.167. The molecule has 0 amide bonds. The third-order valence-electron chi connectivity index (χ3n) is 14.8. The lowest BCUT2D eigenvalue weighted by atomic mass is 10.0. The molecule has 0 aliphatic rings. The van der Waals surface area contributed by atoms with Crippen LogP contribution in [0.3, 0.4) is 0 Å². The molecule has 0 bridgehead atoms. The summed E-state index contributed by atoms with van der Waals surface area (Å²) in [4.78, 5) is 4.69. The molecule has 0 saturated heterocycles. The molecule has 0 fully saturated rings. The van der Waals surface area contributed by atoms with Crippen molar-refractivity contribution in [3.63, 3.8) is 0 Å². The molecule has 0 radical (unpaired) electrons. The second-order valence-corrected chi connectivity index (χ2v) is 18.7. The predicted molar refractivity (Wildman–Crippen MR) is 293 cm³/mol. The lowest BCUT2D eigenvalue weighted by Crippen LogP contribution is -2.09. The average Bonchev–Trinajstić information content (AvgIpc) is 4.11. The number of fused-ring (bicyclic) bond motifs is 14. The van der Waals surface area contributed by atoms with Gasteiger partial charge in [-0.25, -0.2) is 0 Å². The fourth-order valence-corrected chi connectivity index (χ4v) is 11.4. The Labute approximate surface area is 401 Å². The van der Waals surface area contributed by atoms with E-state index in [-0.39, 0.29) is 0 Å². The molecule has 0 spiro atoms. The summed E-state index contributed by atoms with van der Waals surface area (Å²) in [7, 11) is 4.29. The highest BCUT2D eigenvalue weighted by molar-refractivity contribution is 6.19. The lowest BCUT2D eigenvalue weighted by Gasteiger charge is -2.26. The van der Waals surface area contributed by atoms with E-state index >= 15 is 0 Å². The highest BCUT2D eigenvalue weighted by Crippen LogP contribution is 2.44. The summed E-state index contributed by atoms with van der Waals surface area (Å²) < 4.78 is 18.1. The molecule has 15 aromatic rings. The van der Waals surface area contributed by atoms with Gasteiger partial charge in [0.15, 0.2) is 0 Å². The zero-order valence-electron chi connectivity index (χ0n) is 38.4. The molecule has 0 N–H and O–H groups in total. The number of aromatic nitrogens is 2. The molecule has 0 unspecified atom stereocenters. The van der Waals surface area contributed by atoms with Gasteiger partial charge in [0.05, 0.1) is 0 Å². The van der Waals surface area contributed by atoms with Crippen LogP contribution < -0.4 is 9.80 Å². The van der Waals surface area contributed by atoms with Crippen molar-refractivity contribution < 1.29 is 8.83 Å². The number of aryl methyl sites for hydroxylation is 2. The molecule has 15 rings (SSSR count). The van der Waals surface area contributed by atoms with E-state index in [1.54, 1.807) is 0 Å².